The third-order valence-corrected chi connectivity index (χ3v) is 1.85. The Morgan fingerprint density at radius 2 is 2.12 bits per heavy atom. The number of nitrogens with two attached hydrogens (primary N) is 1. The van der Waals surface area contributed by atoms with Crippen LogP contribution in [0.2, 0.25) is 0 Å². The number of alkyl halides is 3. The molecule has 0 aliphatic rings. The maximum Gasteiger partial charge on any atom is 0.396 e. The zero-order valence-electron chi connectivity index (χ0n) is 8.40. The molecule has 0 saturated carbocycles. The second kappa shape index (κ2) is 4.04. The van der Waals surface area contributed by atoms with Gasteiger partial charge in [-0.15, -0.1) is 0 Å². The minimum absolute atomic E-state index is 0.0154. The molecule has 0 spiro atoms. The Labute approximate surface area is 93.5 Å². The molecule has 17 heavy (non-hydrogen) atoms. The average Bonchev–Trinajstić information content (AvgIpc) is 2.63. The molecule has 0 saturated heterocycles. The molecule has 0 amide bonds. The Kier molecular flexibility index (Phi) is 2.70. The monoisotopic (exact) mass is 244 g/mol. The quantitative estimate of drug-likeness (QED) is 0.871. The van der Waals surface area contributed by atoms with Crippen LogP contribution in [0.25, 0.3) is 11.5 Å². The van der Waals surface area contributed by atoms with Gasteiger partial charge in [0, 0.05) is 11.8 Å². The van der Waals surface area contributed by atoms with Gasteiger partial charge in [0.1, 0.15) is 12.2 Å². The average molecular weight is 244 g/mol. The van der Waals surface area contributed by atoms with Crippen LogP contribution >= 0.6 is 0 Å². The van der Waals surface area contributed by atoms with Gasteiger partial charge in [-0.05, 0) is 12.1 Å². The van der Waals surface area contributed by atoms with Crippen molar-refractivity contribution in [3.05, 3.63) is 24.2 Å². The van der Waals surface area contributed by atoms with E-state index in [1.54, 1.807) is 0 Å². The summed E-state index contributed by atoms with van der Waals surface area (Å²) in [5.74, 6) is -0.209. The molecule has 2 heterocycles. The highest BCUT2D eigenvalue weighted by Gasteiger charge is 2.30. The maximum absolute atomic E-state index is 12.1. The van der Waals surface area contributed by atoms with Gasteiger partial charge in [0.2, 0.25) is 0 Å². The summed E-state index contributed by atoms with van der Waals surface area (Å²) in [6, 6.07) is 2.95. The predicted octanol–water partition coefficient (Wildman–Crippen LogP) is 1.82. The van der Waals surface area contributed by atoms with Gasteiger partial charge in [-0.3, -0.25) is 0 Å². The van der Waals surface area contributed by atoms with Crippen LogP contribution in [0.15, 0.2) is 22.9 Å². The summed E-state index contributed by atoms with van der Waals surface area (Å²) in [6.07, 6.45) is -4.19. The largest absolute Gasteiger partial charge is 0.396 e. The number of hydrogen-bond donors (Lipinski definition) is 1. The maximum atomic E-state index is 12.1. The van der Waals surface area contributed by atoms with E-state index in [1.807, 2.05) is 0 Å². The van der Waals surface area contributed by atoms with Crippen molar-refractivity contribution in [3.63, 3.8) is 0 Å². The van der Waals surface area contributed by atoms with Crippen molar-refractivity contribution in [3.8, 4) is 11.5 Å². The van der Waals surface area contributed by atoms with E-state index in [-0.39, 0.29) is 11.7 Å². The second-order valence-corrected chi connectivity index (χ2v) is 3.28. The smallest absolute Gasteiger partial charge is 0.384 e. The van der Waals surface area contributed by atoms with Crippen molar-refractivity contribution in [1.29, 1.82) is 0 Å². The van der Waals surface area contributed by atoms with Crippen LogP contribution in [0.1, 0.15) is 5.82 Å². The summed E-state index contributed by atoms with van der Waals surface area (Å²) < 4.78 is 40.9. The normalized spacial score (nSPS) is 11.7. The number of halogens is 3. The van der Waals surface area contributed by atoms with Crippen LogP contribution in [-0.4, -0.2) is 21.3 Å². The third kappa shape index (κ3) is 2.92. The summed E-state index contributed by atoms with van der Waals surface area (Å²) in [4.78, 5) is 7.37. The first-order chi connectivity index (χ1) is 7.94. The fourth-order valence-corrected chi connectivity index (χ4v) is 1.20. The molecule has 90 valence electrons. The number of hydrogen-bond acceptors (Lipinski definition) is 5. The number of pyridine rings is 1. The number of aromatic nitrogens is 3. The minimum atomic E-state index is -4.36. The molecular weight excluding hydrogens is 237 g/mol. The topological polar surface area (TPSA) is 77.8 Å². The van der Waals surface area contributed by atoms with Crippen LogP contribution in [0.5, 0.6) is 0 Å². The van der Waals surface area contributed by atoms with E-state index < -0.39 is 18.4 Å². The van der Waals surface area contributed by atoms with E-state index >= 15 is 0 Å². The number of nitrogen functional groups attached to an aromatic ring is 1. The molecule has 0 aliphatic carbocycles. The molecule has 2 N–H and O–H groups in total. The van der Waals surface area contributed by atoms with Crippen LogP contribution < -0.4 is 5.73 Å². The molecule has 0 fully saturated rings. The van der Waals surface area contributed by atoms with Gasteiger partial charge < -0.3 is 10.3 Å². The molecule has 5 nitrogen and oxygen atoms in total. The molecule has 2 aromatic rings. The molecule has 0 aliphatic heterocycles. The van der Waals surface area contributed by atoms with Gasteiger partial charge in [0.25, 0.3) is 5.89 Å². The van der Waals surface area contributed by atoms with E-state index in [4.69, 9.17) is 10.3 Å². The first-order valence-corrected chi connectivity index (χ1v) is 4.55. The highest BCUT2D eigenvalue weighted by molar-refractivity contribution is 5.56. The summed E-state index contributed by atoms with van der Waals surface area (Å²) in [6.45, 7) is 0. The highest BCUT2D eigenvalue weighted by Crippen LogP contribution is 2.22. The summed E-state index contributed by atoms with van der Waals surface area (Å²) in [5.41, 5.74) is 5.85. The Morgan fingerprint density at radius 3 is 2.76 bits per heavy atom. The van der Waals surface area contributed by atoms with Gasteiger partial charge in [-0.1, -0.05) is 5.16 Å². The van der Waals surface area contributed by atoms with Crippen LogP contribution in [0.4, 0.5) is 19.0 Å². The fourth-order valence-electron chi connectivity index (χ4n) is 1.20. The number of nitrogens with zero attached hydrogens (tertiary/aromatic N) is 3. The molecular formula is C9H7F3N4O. The lowest BCUT2D eigenvalue weighted by atomic mass is 10.2. The van der Waals surface area contributed by atoms with Gasteiger partial charge in [-0.2, -0.15) is 18.2 Å². The third-order valence-electron chi connectivity index (χ3n) is 1.85. The molecule has 0 atom stereocenters. The first-order valence-electron chi connectivity index (χ1n) is 4.55. The van der Waals surface area contributed by atoms with Gasteiger partial charge in [0.15, 0.2) is 5.82 Å². The zero-order valence-corrected chi connectivity index (χ0v) is 8.40. The summed E-state index contributed by atoms with van der Waals surface area (Å²) >= 11 is 0. The van der Waals surface area contributed by atoms with E-state index in [2.05, 4.69) is 15.1 Å². The summed E-state index contributed by atoms with van der Waals surface area (Å²) in [7, 11) is 0. The van der Waals surface area contributed by atoms with Crippen molar-refractivity contribution in [2.24, 2.45) is 0 Å². The standard InChI is InChI=1S/C9H7F3N4O/c10-9(11,12)4-7-15-8(17-16-7)5-1-2-14-6(13)3-5/h1-3H,4H2,(H2,13,14). The summed E-state index contributed by atoms with van der Waals surface area (Å²) in [5, 5.41) is 3.24. The van der Waals surface area contributed by atoms with Gasteiger partial charge in [0.05, 0.1) is 0 Å². The Balaban J connectivity index is 2.24. The fraction of sp³-hybridized carbons (Fsp3) is 0.222. The Hall–Kier alpha value is -2.12. The van der Waals surface area contributed by atoms with E-state index in [0.29, 0.717) is 5.56 Å². The van der Waals surface area contributed by atoms with Crippen LogP contribution in [-0.2, 0) is 6.42 Å². The molecule has 0 radical (unpaired) electrons. The Morgan fingerprint density at radius 1 is 1.35 bits per heavy atom. The predicted molar refractivity (Wildman–Crippen MR) is 51.7 cm³/mol. The molecule has 8 heteroatoms. The molecule has 0 unspecified atom stereocenters. The number of rotatable bonds is 2. The Bertz CT molecular complexity index is 523. The molecule has 2 rings (SSSR count). The van der Waals surface area contributed by atoms with E-state index in [9.17, 15) is 13.2 Å². The van der Waals surface area contributed by atoms with Crippen LogP contribution in [0, 0.1) is 0 Å². The van der Waals surface area contributed by atoms with Crippen LogP contribution in [0.3, 0.4) is 0 Å². The lowest BCUT2D eigenvalue weighted by Gasteiger charge is -1.99. The molecule has 0 aromatic carbocycles. The lowest BCUT2D eigenvalue weighted by molar-refractivity contribution is -0.128. The molecule has 2 aromatic heterocycles. The van der Waals surface area contributed by atoms with Crippen molar-refractivity contribution in [2.45, 2.75) is 12.6 Å². The first kappa shape index (κ1) is 11.4. The lowest BCUT2D eigenvalue weighted by Crippen LogP contribution is -2.12. The molecule has 0 bridgehead atoms. The number of anilines is 1. The van der Waals surface area contributed by atoms with Crippen molar-refractivity contribution < 1.29 is 17.7 Å². The minimum Gasteiger partial charge on any atom is -0.384 e. The second-order valence-electron chi connectivity index (χ2n) is 3.28. The highest BCUT2D eigenvalue weighted by atomic mass is 19.4. The van der Waals surface area contributed by atoms with E-state index in [0.717, 1.165) is 0 Å². The zero-order chi connectivity index (χ0) is 12.5. The van der Waals surface area contributed by atoms with Crippen molar-refractivity contribution in [1.82, 2.24) is 15.1 Å². The van der Waals surface area contributed by atoms with Crippen molar-refractivity contribution in [2.75, 3.05) is 5.73 Å². The van der Waals surface area contributed by atoms with E-state index in [1.165, 1.54) is 18.3 Å². The SMILES string of the molecule is Nc1cc(-c2nc(CC(F)(F)F)no2)ccn1. The van der Waals surface area contributed by atoms with Gasteiger partial charge in [-0.25, -0.2) is 4.98 Å². The van der Waals surface area contributed by atoms with Gasteiger partial charge >= 0.3 is 6.18 Å². The van der Waals surface area contributed by atoms with Crippen molar-refractivity contribution >= 4 is 5.82 Å².